The first-order valence-corrected chi connectivity index (χ1v) is 9.29. The first-order valence-electron chi connectivity index (χ1n) is 9.29. The average molecular weight is 379 g/mol. The van der Waals surface area contributed by atoms with Crippen LogP contribution in [0.15, 0.2) is 47.9 Å². The summed E-state index contributed by atoms with van der Waals surface area (Å²) in [6.45, 7) is 3.04. The summed E-state index contributed by atoms with van der Waals surface area (Å²) in [7, 11) is 3.19. The normalized spacial score (nSPS) is 15.3. The molecule has 0 saturated heterocycles. The number of methoxy groups -OCH3 is 2. The molecule has 0 saturated carbocycles. The summed E-state index contributed by atoms with van der Waals surface area (Å²) in [5.74, 6) is 1.70. The Labute approximate surface area is 165 Å². The second kappa shape index (κ2) is 8.57. The molecule has 0 amide bonds. The fraction of sp³-hybridized carbons (Fsp3) is 0.318. The van der Waals surface area contributed by atoms with Gasteiger partial charge >= 0.3 is 0 Å². The summed E-state index contributed by atoms with van der Waals surface area (Å²) in [4.78, 5) is 0. The molecule has 1 aliphatic rings. The third-order valence-electron chi connectivity index (χ3n) is 4.79. The summed E-state index contributed by atoms with van der Waals surface area (Å²) in [6, 6.07) is 13.7. The molecule has 0 spiro atoms. The average Bonchev–Trinajstić information content (AvgIpc) is 2.72. The summed E-state index contributed by atoms with van der Waals surface area (Å²) < 4.78 is 16.6. The van der Waals surface area contributed by atoms with Crippen LogP contribution in [-0.4, -0.2) is 20.8 Å². The second-order valence-corrected chi connectivity index (χ2v) is 6.60. The van der Waals surface area contributed by atoms with Crippen molar-refractivity contribution < 1.29 is 14.2 Å². The van der Waals surface area contributed by atoms with Gasteiger partial charge in [0.25, 0.3) is 0 Å². The van der Waals surface area contributed by atoms with Crippen LogP contribution in [0.1, 0.15) is 36.8 Å². The summed E-state index contributed by atoms with van der Waals surface area (Å²) in [5, 5.41) is 13.1. The zero-order valence-corrected chi connectivity index (χ0v) is 16.4. The van der Waals surface area contributed by atoms with Gasteiger partial charge in [0.1, 0.15) is 28.9 Å². The number of ether oxygens (including phenoxy) is 3. The van der Waals surface area contributed by atoms with Crippen LogP contribution in [0, 0.1) is 11.3 Å². The minimum atomic E-state index is -0.359. The highest BCUT2D eigenvalue weighted by molar-refractivity contribution is 5.61. The summed E-state index contributed by atoms with van der Waals surface area (Å²) >= 11 is 0. The van der Waals surface area contributed by atoms with Gasteiger partial charge in [0, 0.05) is 29.9 Å². The number of fused-ring (bicyclic) bond motifs is 1. The van der Waals surface area contributed by atoms with Crippen LogP contribution in [-0.2, 0) is 0 Å². The van der Waals surface area contributed by atoms with Crippen molar-refractivity contribution in [3.63, 3.8) is 0 Å². The zero-order valence-electron chi connectivity index (χ0n) is 16.4. The van der Waals surface area contributed by atoms with E-state index in [0.29, 0.717) is 22.8 Å². The largest absolute Gasteiger partial charge is 0.497 e. The molecule has 0 aromatic heterocycles. The molecule has 0 radical (unpaired) electrons. The topological polar surface area (TPSA) is 89.5 Å². The molecule has 2 aromatic carbocycles. The zero-order chi connectivity index (χ0) is 20.1. The van der Waals surface area contributed by atoms with Crippen molar-refractivity contribution in [1.29, 1.82) is 5.26 Å². The highest BCUT2D eigenvalue weighted by atomic mass is 16.5. The van der Waals surface area contributed by atoms with Crippen LogP contribution in [0.5, 0.6) is 17.2 Å². The van der Waals surface area contributed by atoms with E-state index in [2.05, 4.69) is 18.3 Å². The van der Waals surface area contributed by atoms with Gasteiger partial charge in [0.2, 0.25) is 5.88 Å². The van der Waals surface area contributed by atoms with E-state index < -0.39 is 0 Å². The molecule has 0 bridgehead atoms. The number of nitriles is 1. The van der Waals surface area contributed by atoms with Gasteiger partial charge in [-0.05, 0) is 30.2 Å². The lowest BCUT2D eigenvalue weighted by Gasteiger charge is -2.27. The SMILES string of the molecule is CCCCNc1ccc2c(c1)OC(N)=C(C#N)C2c1cc(OC)cc(OC)c1. The van der Waals surface area contributed by atoms with E-state index in [1.54, 1.807) is 20.3 Å². The van der Waals surface area contributed by atoms with Crippen molar-refractivity contribution in [2.45, 2.75) is 25.7 Å². The molecule has 6 heteroatoms. The predicted octanol–water partition coefficient (Wildman–Crippen LogP) is 4.13. The molecule has 6 nitrogen and oxygen atoms in total. The number of anilines is 1. The lowest BCUT2D eigenvalue weighted by molar-refractivity contribution is 0.387. The van der Waals surface area contributed by atoms with Crippen LogP contribution < -0.4 is 25.3 Å². The van der Waals surface area contributed by atoms with Crippen LogP contribution in [0.3, 0.4) is 0 Å². The number of unbranched alkanes of at least 4 members (excludes halogenated alkanes) is 1. The molecule has 1 heterocycles. The van der Waals surface area contributed by atoms with Gasteiger partial charge in [-0.3, -0.25) is 0 Å². The fourth-order valence-corrected chi connectivity index (χ4v) is 3.31. The van der Waals surface area contributed by atoms with Crippen LogP contribution in [0.25, 0.3) is 0 Å². The minimum Gasteiger partial charge on any atom is -0.497 e. The third-order valence-corrected chi connectivity index (χ3v) is 4.79. The molecule has 28 heavy (non-hydrogen) atoms. The maximum atomic E-state index is 9.73. The van der Waals surface area contributed by atoms with E-state index in [4.69, 9.17) is 19.9 Å². The van der Waals surface area contributed by atoms with Gasteiger partial charge in [-0.2, -0.15) is 5.26 Å². The second-order valence-electron chi connectivity index (χ2n) is 6.60. The van der Waals surface area contributed by atoms with Gasteiger partial charge in [0.15, 0.2) is 0 Å². The Bertz CT molecular complexity index is 909. The van der Waals surface area contributed by atoms with Crippen molar-refractivity contribution in [2.24, 2.45) is 5.73 Å². The molecule has 3 N–H and O–H groups in total. The summed E-state index contributed by atoms with van der Waals surface area (Å²) in [5.41, 5.74) is 9.16. The first kappa shape index (κ1) is 19.4. The van der Waals surface area contributed by atoms with Crippen LogP contribution in [0.2, 0.25) is 0 Å². The Morgan fingerprint density at radius 2 is 1.86 bits per heavy atom. The van der Waals surface area contributed by atoms with Crippen molar-refractivity contribution >= 4 is 5.69 Å². The Morgan fingerprint density at radius 1 is 1.14 bits per heavy atom. The van der Waals surface area contributed by atoms with Crippen LogP contribution >= 0.6 is 0 Å². The number of nitrogens with zero attached hydrogens (tertiary/aromatic N) is 1. The maximum Gasteiger partial charge on any atom is 0.205 e. The number of allylic oxidation sites excluding steroid dienone is 1. The molecule has 1 aliphatic heterocycles. The highest BCUT2D eigenvalue weighted by Gasteiger charge is 2.31. The van der Waals surface area contributed by atoms with E-state index in [-0.39, 0.29) is 11.8 Å². The number of rotatable bonds is 7. The van der Waals surface area contributed by atoms with Crippen molar-refractivity contribution in [2.75, 3.05) is 26.1 Å². The summed E-state index contributed by atoms with van der Waals surface area (Å²) in [6.07, 6.45) is 2.21. The Kier molecular flexibility index (Phi) is 5.95. The Morgan fingerprint density at radius 3 is 2.46 bits per heavy atom. The number of benzene rings is 2. The molecule has 1 atom stereocenters. The quantitative estimate of drug-likeness (QED) is 0.703. The van der Waals surface area contributed by atoms with E-state index in [0.717, 1.165) is 36.2 Å². The lowest BCUT2D eigenvalue weighted by atomic mass is 9.83. The van der Waals surface area contributed by atoms with E-state index in [9.17, 15) is 5.26 Å². The van der Waals surface area contributed by atoms with E-state index >= 15 is 0 Å². The standard InChI is InChI=1S/C22H25N3O3/c1-4-5-8-25-15-6-7-18-20(11-15)28-22(24)19(13-23)21(18)14-9-16(26-2)12-17(10-14)27-3/h6-7,9-12,21,25H,4-5,8,24H2,1-3H3. The lowest BCUT2D eigenvalue weighted by Crippen LogP contribution is -2.21. The Balaban J connectivity index is 2.07. The van der Waals surface area contributed by atoms with Gasteiger partial charge < -0.3 is 25.3 Å². The van der Waals surface area contributed by atoms with Gasteiger partial charge in [0.05, 0.1) is 20.1 Å². The molecule has 0 fully saturated rings. The maximum absolute atomic E-state index is 9.73. The number of nitrogens with one attached hydrogen (secondary N) is 1. The van der Waals surface area contributed by atoms with Gasteiger partial charge in [-0.1, -0.05) is 19.4 Å². The minimum absolute atomic E-state index is 0.118. The highest BCUT2D eigenvalue weighted by Crippen LogP contribution is 2.44. The molecule has 2 aromatic rings. The van der Waals surface area contributed by atoms with Crippen LogP contribution in [0.4, 0.5) is 5.69 Å². The monoisotopic (exact) mass is 379 g/mol. The van der Waals surface area contributed by atoms with E-state index in [1.807, 2.05) is 30.3 Å². The van der Waals surface area contributed by atoms with Crippen molar-refractivity contribution in [1.82, 2.24) is 0 Å². The molecular formula is C22H25N3O3. The molecular weight excluding hydrogens is 354 g/mol. The van der Waals surface area contributed by atoms with Crippen molar-refractivity contribution in [3.05, 3.63) is 59.0 Å². The Hall–Kier alpha value is -3.33. The number of nitrogens with two attached hydrogens (primary N) is 1. The fourth-order valence-electron chi connectivity index (χ4n) is 3.31. The molecule has 0 aliphatic carbocycles. The molecule has 1 unspecified atom stereocenters. The molecule has 3 rings (SSSR count). The smallest absolute Gasteiger partial charge is 0.205 e. The van der Waals surface area contributed by atoms with Gasteiger partial charge in [-0.15, -0.1) is 0 Å². The van der Waals surface area contributed by atoms with Gasteiger partial charge in [-0.25, -0.2) is 0 Å². The third kappa shape index (κ3) is 3.84. The predicted molar refractivity (Wildman–Crippen MR) is 109 cm³/mol. The van der Waals surface area contributed by atoms with Crippen molar-refractivity contribution in [3.8, 4) is 23.3 Å². The number of hydrogen-bond donors (Lipinski definition) is 2. The van der Waals surface area contributed by atoms with E-state index in [1.165, 1.54) is 0 Å². The first-order chi connectivity index (χ1) is 13.6. The molecule has 146 valence electrons. The number of hydrogen-bond acceptors (Lipinski definition) is 6.